The molecular weight excluding hydrogens is 112 g/mol. The second-order valence-electron chi connectivity index (χ2n) is 2.16. The molecular formula is C8H10O. The van der Waals surface area contributed by atoms with Gasteiger partial charge in [0.1, 0.15) is 0 Å². The summed E-state index contributed by atoms with van der Waals surface area (Å²) in [5, 5.41) is 0. The summed E-state index contributed by atoms with van der Waals surface area (Å²) >= 11 is 0. The Labute approximate surface area is 55.1 Å². The van der Waals surface area contributed by atoms with E-state index in [9.17, 15) is 4.79 Å². The largest absolute Gasteiger partial charge is 0.295 e. The molecule has 0 aliphatic heterocycles. The summed E-state index contributed by atoms with van der Waals surface area (Å²) in [6.07, 6.45) is 7.20. The molecule has 0 saturated carbocycles. The zero-order valence-corrected chi connectivity index (χ0v) is 5.55. The van der Waals surface area contributed by atoms with E-state index < -0.39 is 0 Å². The number of allylic oxidation sites excluding steroid dienone is 4. The van der Waals surface area contributed by atoms with Crippen LogP contribution in [0.3, 0.4) is 0 Å². The average Bonchev–Trinajstić information content (AvgIpc) is 1.90. The predicted octanol–water partition coefficient (Wildman–Crippen LogP) is 1.85. The first-order valence-corrected chi connectivity index (χ1v) is 3.19. The third kappa shape index (κ3) is 1.53. The van der Waals surface area contributed by atoms with Gasteiger partial charge in [-0.25, -0.2) is 0 Å². The minimum Gasteiger partial charge on any atom is -0.295 e. The van der Waals surface area contributed by atoms with Crippen molar-refractivity contribution in [3.8, 4) is 0 Å². The minimum atomic E-state index is 0.251. The lowest BCUT2D eigenvalue weighted by atomic mass is 10.0. The van der Waals surface area contributed by atoms with Gasteiger partial charge in [0, 0.05) is 6.42 Å². The van der Waals surface area contributed by atoms with E-state index in [4.69, 9.17) is 0 Å². The highest BCUT2D eigenvalue weighted by Crippen LogP contribution is 2.12. The van der Waals surface area contributed by atoms with Crippen LogP contribution < -0.4 is 0 Å². The van der Waals surface area contributed by atoms with Gasteiger partial charge in [0.15, 0.2) is 5.78 Å². The zero-order chi connectivity index (χ0) is 6.69. The van der Waals surface area contributed by atoms with Crippen LogP contribution in [-0.2, 0) is 4.79 Å². The standard InChI is InChI=1S/C8H10O/c1-2-7-3-5-8(9)6-4-7/h2-3,5H,4,6H2,1H3/b7-2-. The molecule has 1 nitrogen and oxygen atoms in total. The Morgan fingerprint density at radius 1 is 1.44 bits per heavy atom. The number of hydrogen-bond acceptors (Lipinski definition) is 1. The molecule has 1 aliphatic carbocycles. The van der Waals surface area contributed by atoms with E-state index in [1.807, 2.05) is 19.1 Å². The molecule has 1 aliphatic rings. The Kier molecular flexibility index (Phi) is 1.83. The smallest absolute Gasteiger partial charge is 0.156 e. The number of carbonyl (C=O) groups is 1. The molecule has 0 amide bonds. The number of ketones is 1. The lowest BCUT2D eigenvalue weighted by Crippen LogP contribution is -1.98. The van der Waals surface area contributed by atoms with E-state index in [0.29, 0.717) is 6.42 Å². The first-order valence-electron chi connectivity index (χ1n) is 3.19. The van der Waals surface area contributed by atoms with Crippen LogP contribution in [0, 0.1) is 0 Å². The summed E-state index contributed by atoms with van der Waals surface area (Å²) < 4.78 is 0. The molecule has 0 saturated heterocycles. The number of hydrogen-bond donors (Lipinski definition) is 0. The van der Waals surface area contributed by atoms with Gasteiger partial charge in [-0.15, -0.1) is 0 Å². The van der Waals surface area contributed by atoms with Crippen molar-refractivity contribution in [2.75, 3.05) is 0 Å². The normalized spacial score (nSPS) is 23.2. The molecule has 0 heterocycles. The van der Waals surface area contributed by atoms with Crippen molar-refractivity contribution in [1.82, 2.24) is 0 Å². The molecule has 0 N–H and O–H groups in total. The first-order chi connectivity index (χ1) is 4.33. The van der Waals surface area contributed by atoms with Gasteiger partial charge in [-0.3, -0.25) is 4.79 Å². The molecule has 0 radical (unpaired) electrons. The highest BCUT2D eigenvalue weighted by atomic mass is 16.1. The van der Waals surface area contributed by atoms with Gasteiger partial charge in [0.2, 0.25) is 0 Å². The van der Waals surface area contributed by atoms with Crippen molar-refractivity contribution < 1.29 is 4.79 Å². The second-order valence-corrected chi connectivity index (χ2v) is 2.16. The lowest BCUT2D eigenvalue weighted by molar-refractivity contribution is -0.114. The third-order valence-corrected chi connectivity index (χ3v) is 1.51. The fraction of sp³-hybridized carbons (Fsp3) is 0.375. The summed E-state index contributed by atoms with van der Waals surface area (Å²) in [6.45, 7) is 2.00. The predicted molar refractivity (Wildman–Crippen MR) is 37.1 cm³/mol. The summed E-state index contributed by atoms with van der Waals surface area (Å²) in [7, 11) is 0. The van der Waals surface area contributed by atoms with Crippen LogP contribution in [0.25, 0.3) is 0 Å². The van der Waals surface area contributed by atoms with Gasteiger partial charge in [-0.1, -0.05) is 17.7 Å². The highest BCUT2D eigenvalue weighted by Gasteiger charge is 2.03. The van der Waals surface area contributed by atoms with Crippen molar-refractivity contribution in [3.63, 3.8) is 0 Å². The summed E-state index contributed by atoms with van der Waals surface area (Å²) in [5.74, 6) is 0.251. The fourth-order valence-corrected chi connectivity index (χ4v) is 0.875. The molecule has 0 bridgehead atoms. The van der Waals surface area contributed by atoms with Crippen molar-refractivity contribution >= 4 is 5.78 Å². The van der Waals surface area contributed by atoms with Crippen molar-refractivity contribution in [2.24, 2.45) is 0 Å². The minimum absolute atomic E-state index is 0.251. The van der Waals surface area contributed by atoms with Crippen LogP contribution in [-0.4, -0.2) is 5.78 Å². The molecule has 0 aromatic heterocycles. The van der Waals surface area contributed by atoms with E-state index in [-0.39, 0.29) is 5.78 Å². The van der Waals surface area contributed by atoms with Gasteiger partial charge < -0.3 is 0 Å². The van der Waals surface area contributed by atoms with Crippen LogP contribution in [0.15, 0.2) is 23.8 Å². The zero-order valence-electron chi connectivity index (χ0n) is 5.55. The van der Waals surface area contributed by atoms with Gasteiger partial charge in [0.25, 0.3) is 0 Å². The third-order valence-electron chi connectivity index (χ3n) is 1.51. The van der Waals surface area contributed by atoms with E-state index in [1.54, 1.807) is 6.08 Å². The highest BCUT2D eigenvalue weighted by molar-refractivity contribution is 5.91. The van der Waals surface area contributed by atoms with Crippen molar-refractivity contribution in [1.29, 1.82) is 0 Å². The second kappa shape index (κ2) is 2.62. The molecule has 0 atom stereocenters. The number of carbonyl (C=O) groups excluding carboxylic acids is 1. The van der Waals surface area contributed by atoms with E-state index in [2.05, 4.69) is 0 Å². The quantitative estimate of drug-likeness (QED) is 0.479. The first kappa shape index (κ1) is 6.27. The summed E-state index contributed by atoms with van der Waals surface area (Å²) in [6, 6.07) is 0. The van der Waals surface area contributed by atoms with E-state index in [1.165, 1.54) is 5.57 Å². The topological polar surface area (TPSA) is 17.1 Å². The lowest BCUT2D eigenvalue weighted by Gasteiger charge is -2.03. The Hall–Kier alpha value is -0.850. The maximum atomic E-state index is 10.6. The van der Waals surface area contributed by atoms with Gasteiger partial charge in [0.05, 0.1) is 0 Å². The van der Waals surface area contributed by atoms with Crippen molar-refractivity contribution in [3.05, 3.63) is 23.8 Å². The van der Waals surface area contributed by atoms with Crippen LogP contribution in [0.4, 0.5) is 0 Å². The van der Waals surface area contributed by atoms with Gasteiger partial charge in [-0.05, 0) is 19.4 Å². The van der Waals surface area contributed by atoms with Gasteiger partial charge in [-0.2, -0.15) is 0 Å². The summed E-state index contributed by atoms with van der Waals surface area (Å²) in [4.78, 5) is 10.6. The molecule has 0 fully saturated rings. The molecule has 9 heavy (non-hydrogen) atoms. The Bertz CT molecular complexity index is 175. The van der Waals surface area contributed by atoms with Crippen LogP contribution >= 0.6 is 0 Å². The SMILES string of the molecule is C/C=C1/C=CC(=O)CC1. The van der Waals surface area contributed by atoms with E-state index >= 15 is 0 Å². The molecule has 0 unspecified atom stereocenters. The molecule has 1 heteroatoms. The van der Waals surface area contributed by atoms with Crippen LogP contribution in [0.2, 0.25) is 0 Å². The fourth-order valence-electron chi connectivity index (χ4n) is 0.875. The molecule has 0 spiro atoms. The monoisotopic (exact) mass is 122 g/mol. The van der Waals surface area contributed by atoms with Crippen molar-refractivity contribution in [2.45, 2.75) is 19.8 Å². The maximum Gasteiger partial charge on any atom is 0.156 e. The van der Waals surface area contributed by atoms with Crippen LogP contribution in [0.1, 0.15) is 19.8 Å². The Morgan fingerprint density at radius 3 is 2.67 bits per heavy atom. The van der Waals surface area contributed by atoms with Crippen LogP contribution in [0.5, 0.6) is 0 Å². The molecule has 0 aromatic rings. The molecule has 1 rings (SSSR count). The van der Waals surface area contributed by atoms with Gasteiger partial charge >= 0.3 is 0 Å². The maximum absolute atomic E-state index is 10.6. The number of rotatable bonds is 0. The Balaban J connectivity index is 2.69. The van der Waals surface area contributed by atoms with E-state index in [0.717, 1.165) is 6.42 Å². The average molecular weight is 122 g/mol. The molecule has 48 valence electrons. The molecule has 0 aromatic carbocycles. The Morgan fingerprint density at radius 2 is 2.22 bits per heavy atom. The summed E-state index contributed by atoms with van der Waals surface area (Å²) in [5.41, 5.74) is 1.27.